The van der Waals surface area contributed by atoms with Crippen LogP contribution >= 0.6 is 23.4 Å². The minimum absolute atomic E-state index is 0.319. The number of rotatable bonds is 5. The van der Waals surface area contributed by atoms with Crippen molar-refractivity contribution in [3.63, 3.8) is 0 Å². The van der Waals surface area contributed by atoms with Crippen LogP contribution in [0.4, 0.5) is 4.39 Å². The van der Waals surface area contributed by atoms with E-state index in [1.54, 1.807) is 17.8 Å². The quantitative estimate of drug-likeness (QED) is 0.578. The summed E-state index contributed by atoms with van der Waals surface area (Å²) in [6.07, 6.45) is 1.12. The Morgan fingerprint density at radius 2 is 1.96 bits per heavy atom. The van der Waals surface area contributed by atoms with E-state index < -0.39 is 0 Å². The lowest BCUT2D eigenvalue weighted by Gasteiger charge is -2.05. The van der Waals surface area contributed by atoms with Gasteiger partial charge in [-0.25, -0.2) is 4.39 Å². The number of aromatic nitrogens is 3. The molecular weight excluding hydrogens is 357 g/mol. The molecule has 1 fully saturated rings. The van der Waals surface area contributed by atoms with Gasteiger partial charge in [0.15, 0.2) is 5.16 Å². The van der Waals surface area contributed by atoms with Crippen LogP contribution in [0, 0.1) is 5.82 Å². The summed E-state index contributed by atoms with van der Waals surface area (Å²) in [7, 11) is 2.00. The Morgan fingerprint density at radius 1 is 1.16 bits per heavy atom. The van der Waals surface area contributed by atoms with Gasteiger partial charge in [0.1, 0.15) is 11.6 Å². The maximum atomic E-state index is 13.1. The molecule has 1 aliphatic rings. The predicted octanol–water partition coefficient (Wildman–Crippen LogP) is 5.17. The molecule has 0 radical (unpaired) electrons. The van der Waals surface area contributed by atoms with Gasteiger partial charge in [0, 0.05) is 23.7 Å². The molecule has 0 amide bonds. The molecule has 3 aromatic rings. The van der Waals surface area contributed by atoms with Gasteiger partial charge in [0.25, 0.3) is 0 Å². The van der Waals surface area contributed by atoms with Crippen LogP contribution in [0.15, 0.2) is 53.7 Å². The van der Waals surface area contributed by atoms with Crippen LogP contribution in [0.1, 0.15) is 35.2 Å². The molecule has 0 spiro atoms. The third kappa shape index (κ3) is 3.44. The van der Waals surface area contributed by atoms with Gasteiger partial charge < -0.3 is 4.57 Å². The Hall–Kier alpha value is -1.85. The van der Waals surface area contributed by atoms with Crippen molar-refractivity contribution in [2.45, 2.75) is 29.2 Å². The van der Waals surface area contributed by atoms with E-state index in [0.29, 0.717) is 22.6 Å². The van der Waals surface area contributed by atoms with E-state index in [1.807, 2.05) is 13.1 Å². The van der Waals surface area contributed by atoms with Crippen molar-refractivity contribution in [1.29, 1.82) is 0 Å². The summed E-state index contributed by atoms with van der Waals surface area (Å²) < 4.78 is 15.2. The lowest BCUT2D eigenvalue weighted by molar-refractivity contribution is 0.627. The largest absolute Gasteiger partial charge is 0.309 e. The Morgan fingerprint density at radius 3 is 2.72 bits per heavy atom. The van der Waals surface area contributed by atoms with Gasteiger partial charge in [-0.15, -0.1) is 10.2 Å². The first-order valence-corrected chi connectivity index (χ1v) is 9.51. The van der Waals surface area contributed by atoms with Crippen molar-refractivity contribution >= 4 is 23.4 Å². The molecule has 0 N–H and O–H groups in total. The molecule has 0 aliphatic heterocycles. The fourth-order valence-electron chi connectivity index (χ4n) is 3.10. The summed E-state index contributed by atoms with van der Waals surface area (Å²) in [6.45, 7) is 0. The summed E-state index contributed by atoms with van der Waals surface area (Å²) in [4.78, 5) is 0. The molecule has 3 nitrogen and oxygen atoms in total. The fourth-order valence-corrected chi connectivity index (χ4v) is 4.34. The van der Waals surface area contributed by atoms with Crippen LogP contribution in [0.2, 0.25) is 5.02 Å². The van der Waals surface area contributed by atoms with Gasteiger partial charge in [-0.1, -0.05) is 59.8 Å². The number of thioether (sulfide) groups is 1. The summed E-state index contributed by atoms with van der Waals surface area (Å²) >= 11 is 7.66. The predicted molar refractivity (Wildman–Crippen MR) is 98.5 cm³/mol. The molecule has 1 aromatic heterocycles. The molecule has 0 saturated heterocycles. The molecule has 2 unspecified atom stereocenters. The van der Waals surface area contributed by atoms with Crippen molar-refractivity contribution in [1.82, 2.24) is 14.8 Å². The Labute approximate surface area is 155 Å². The van der Waals surface area contributed by atoms with E-state index in [4.69, 9.17) is 11.6 Å². The van der Waals surface area contributed by atoms with Crippen LogP contribution in [-0.2, 0) is 12.8 Å². The lowest BCUT2D eigenvalue weighted by atomic mass is 10.1. The maximum Gasteiger partial charge on any atom is 0.191 e. The summed E-state index contributed by atoms with van der Waals surface area (Å²) in [5.74, 6) is 2.32. The van der Waals surface area contributed by atoms with Crippen molar-refractivity contribution in [2.75, 3.05) is 0 Å². The lowest BCUT2D eigenvalue weighted by Crippen LogP contribution is -1.98. The summed E-state index contributed by atoms with van der Waals surface area (Å²) in [5.41, 5.74) is 2.26. The highest BCUT2D eigenvalue weighted by molar-refractivity contribution is 7.98. The van der Waals surface area contributed by atoms with Gasteiger partial charge in [-0.3, -0.25) is 0 Å². The average molecular weight is 374 g/mol. The first kappa shape index (κ1) is 16.6. The first-order valence-electron chi connectivity index (χ1n) is 8.14. The number of hydrogen-bond acceptors (Lipinski definition) is 3. The minimum Gasteiger partial charge on any atom is -0.309 e. The Kier molecular flexibility index (Phi) is 4.52. The zero-order chi connectivity index (χ0) is 17.4. The number of hydrogen-bond donors (Lipinski definition) is 0. The van der Waals surface area contributed by atoms with Crippen molar-refractivity contribution in [3.8, 4) is 0 Å². The van der Waals surface area contributed by atoms with Crippen LogP contribution in [0.5, 0.6) is 0 Å². The molecule has 4 rings (SSSR count). The van der Waals surface area contributed by atoms with Gasteiger partial charge in [-0.2, -0.15) is 0 Å². The zero-order valence-electron chi connectivity index (χ0n) is 13.7. The van der Waals surface area contributed by atoms with E-state index >= 15 is 0 Å². The SMILES string of the molecule is Cn1c(SCc2ccc(F)cc2Cl)nnc1C1CC1c1ccccc1. The van der Waals surface area contributed by atoms with Crippen molar-refractivity contribution in [3.05, 3.63) is 76.3 Å². The van der Waals surface area contributed by atoms with E-state index in [9.17, 15) is 4.39 Å². The van der Waals surface area contributed by atoms with Gasteiger partial charge in [0.2, 0.25) is 0 Å². The van der Waals surface area contributed by atoms with Crippen LogP contribution in [-0.4, -0.2) is 14.8 Å². The highest BCUT2D eigenvalue weighted by atomic mass is 35.5. The van der Waals surface area contributed by atoms with Crippen LogP contribution < -0.4 is 0 Å². The number of halogens is 2. The van der Waals surface area contributed by atoms with Crippen molar-refractivity contribution < 1.29 is 4.39 Å². The second-order valence-corrected chi connectivity index (χ2v) is 7.63. The second-order valence-electron chi connectivity index (χ2n) is 6.28. The standard InChI is InChI=1S/C19H17ClFN3S/c1-24-18(16-10-15(16)12-5-3-2-4-6-12)22-23-19(24)25-11-13-7-8-14(21)9-17(13)20/h2-9,15-16H,10-11H2,1H3. The molecule has 1 heterocycles. The van der Waals surface area contributed by atoms with E-state index in [1.165, 1.54) is 17.7 Å². The molecule has 25 heavy (non-hydrogen) atoms. The third-order valence-electron chi connectivity index (χ3n) is 4.59. The van der Waals surface area contributed by atoms with Crippen LogP contribution in [0.3, 0.4) is 0 Å². The highest BCUT2D eigenvalue weighted by Crippen LogP contribution is 2.54. The Bertz CT molecular complexity index is 897. The summed E-state index contributed by atoms with van der Waals surface area (Å²) in [5, 5.41) is 10.0. The molecule has 2 aromatic carbocycles. The summed E-state index contributed by atoms with van der Waals surface area (Å²) in [6, 6.07) is 15.0. The molecule has 0 bridgehead atoms. The number of benzene rings is 2. The second kappa shape index (κ2) is 6.81. The molecular formula is C19H17ClFN3S. The van der Waals surface area contributed by atoms with Gasteiger partial charge in [-0.05, 0) is 35.6 Å². The molecule has 1 saturated carbocycles. The van der Waals surface area contributed by atoms with Crippen molar-refractivity contribution in [2.24, 2.45) is 7.05 Å². The fraction of sp³-hybridized carbons (Fsp3) is 0.263. The Balaban J connectivity index is 1.45. The molecule has 1 aliphatic carbocycles. The molecule has 128 valence electrons. The maximum absolute atomic E-state index is 13.1. The molecule has 2 atom stereocenters. The number of nitrogens with zero attached hydrogens (tertiary/aromatic N) is 3. The molecule has 6 heteroatoms. The monoisotopic (exact) mass is 373 g/mol. The van der Waals surface area contributed by atoms with Crippen LogP contribution in [0.25, 0.3) is 0 Å². The zero-order valence-corrected chi connectivity index (χ0v) is 15.3. The van der Waals surface area contributed by atoms with Gasteiger partial charge in [0.05, 0.1) is 0 Å². The minimum atomic E-state index is -0.319. The first-order chi connectivity index (χ1) is 12.1. The van der Waals surface area contributed by atoms with E-state index in [2.05, 4.69) is 39.0 Å². The smallest absolute Gasteiger partial charge is 0.191 e. The topological polar surface area (TPSA) is 30.7 Å². The highest BCUT2D eigenvalue weighted by Gasteiger charge is 2.42. The van der Waals surface area contributed by atoms with Gasteiger partial charge >= 0.3 is 0 Å². The van der Waals surface area contributed by atoms with E-state index in [-0.39, 0.29) is 5.82 Å². The van der Waals surface area contributed by atoms with E-state index in [0.717, 1.165) is 23.0 Å². The normalized spacial score (nSPS) is 19.2. The average Bonchev–Trinajstić information content (AvgIpc) is 3.32. The third-order valence-corrected chi connectivity index (χ3v) is 6.01.